The second-order valence-electron chi connectivity index (χ2n) is 15.8. The minimum Gasteiger partial charge on any atom is -0.371 e. The first-order valence-corrected chi connectivity index (χ1v) is 22.7. The van der Waals surface area contributed by atoms with Gasteiger partial charge in [0.15, 0.2) is 0 Å². The normalized spacial score (nSPS) is 15.6. The van der Waals surface area contributed by atoms with Crippen LogP contribution in [0.5, 0.6) is 0 Å². The van der Waals surface area contributed by atoms with Gasteiger partial charge in [-0.25, -0.2) is 0 Å². The number of amides is 5. The lowest BCUT2D eigenvalue weighted by molar-refractivity contribution is -0.148. The summed E-state index contributed by atoms with van der Waals surface area (Å²) in [6.07, 6.45) is 5.48. The quantitative estimate of drug-likeness (QED) is 0.127. The highest BCUT2D eigenvalue weighted by Crippen LogP contribution is 2.30. The third kappa shape index (κ3) is 20.9. The van der Waals surface area contributed by atoms with E-state index in [1.54, 1.807) is 9.80 Å². The molecular formula is C43H85N9O6. The Balaban J connectivity index is 2.89. The van der Waals surface area contributed by atoms with Crippen molar-refractivity contribution in [3.63, 3.8) is 0 Å². The minimum atomic E-state index is -0.426. The summed E-state index contributed by atoms with van der Waals surface area (Å²) in [7, 11) is 0. The van der Waals surface area contributed by atoms with E-state index >= 15 is 0 Å². The molecule has 1 aliphatic rings. The molecule has 2 N–H and O–H groups in total. The molecule has 0 aromatic carbocycles. The van der Waals surface area contributed by atoms with Gasteiger partial charge < -0.3 is 44.8 Å². The molecule has 0 radical (unpaired) electrons. The van der Waals surface area contributed by atoms with Crippen LogP contribution >= 0.6 is 0 Å². The second kappa shape index (κ2) is 31.1. The summed E-state index contributed by atoms with van der Waals surface area (Å²) >= 11 is 0. The van der Waals surface area contributed by atoms with Gasteiger partial charge in [0.1, 0.15) is 19.7 Å². The maximum absolute atomic E-state index is 13.5. The van der Waals surface area contributed by atoms with Gasteiger partial charge in [-0.2, -0.15) is 0 Å². The molecule has 0 aromatic rings. The van der Waals surface area contributed by atoms with Crippen molar-refractivity contribution in [3.8, 4) is 0 Å². The molecule has 1 fully saturated rings. The van der Waals surface area contributed by atoms with Crippen LogP contribution in [0, 0.1) is 5.41 Å². The molecule has 58 heavy (non-hydrogen) atoms. The van der Waals surface area contributed by atoms with Crippen LogP contribution in [0.2, 0.25) is 0 Å². The number of likely N-dealkylation sites (N-methyl/N-ethyl adjacent to an activating group) is 3. The smallest absolute Gasteiger partial charge is 0.249 e. The molecule has 1 aliphatic heterocycles. The van der Waals surface area contributed by atoms with Crippen LogP contribution in [-0.2, 0) is 28.7 Å². The van der Waals surface area contributed by atoms with Gasteiger partial charge in [0.05, 0.1) is 19.7 Å². The van der Waals surface area contributed by atoms with Gasteiger partial charge >= 0.3 is 0 Å². The maximum atomic E-state index is 13.5. The summed E-state index contributed by atoms with van der Waals surface area (Å²) < 4.78 is 6.08. The van der Waals surface area contributed by atoms with E-state index in [2.05, 4.69) is 64.9 Å². The Morgan fingerprint density at radius 2 is 0.983 bits per heavy atom. The number of carbonyl (C=O) groups is 5. The van der Waals surface area contributed by atoms with Crippen LogP contribution in [-0.4, -0.2) is 208 Å². The van der Waals surface area contributed by atoms with Crippen LogP contribution in [0.1, 0.15) is 101 Å². The molecule has 0 bridgehead atoms. The summed E-state index contributed by atoms with van der Waals surface area (Å²) in [6.45, 7) is 31.0. The van der Waals surface area contributed by atoms with E-state index in [1.165, 1.54) is 4.90 Å². The molecule has 338 valence electrons. The fourth-order valence-electron chi connectivity index (χ4n) is 7.83. The number of hydrogen-bond acceptors (Lipinski definition) is 10. The van der Waals surface area contributed by atoms with Gasteiger partial charge in [0, 0.05) is 90.5 Å². The molecule has 15 nitrogen and oxygen atoms in total. The van der Waals surface area contributed by atoms with Crippen LogP contribution in [0.4, 0.5) is 0 Å². The van der Waals surface area contributed by atoms with Crippen molar-refractivity contribution >= 4 is 29.5 Å². The van der Waals surface area contributed by atoms with Crippen LogP contribution in [0.25, 0.3) is 0 Å². The predicted octanol–water partition coefficient (Wildman–Crippen LogP) is 2.45. The van der Waals surface area contributed by atoms with Crippen molar-refractivity contribution in [1.82, 2.24) is 44.9 Å². The lowest BCUT2D eigenvalue weighted by Crippen LogP contribution is -2.49. The zero-order chi connectivity index (χ0) is 43.3. The summed E-state index contributed by atoms with van der Waals surface area (Å²) in [6, 6.07) is 0. The Kier molecular flexibility index (Phi) is 28.5. The standard InChI is InChI=1S/C43H85N9O6/c1-10-19-43(20-11-2,37-58-35-42(57)52(33-40(55)50(15-6)16-7)34-41(56)51(17-8)18-9)36-45-38(53)31-44-39(54)32-49-29-24-46(14-5)23-25-47(21-12-3)26-27-48(22-13-4)28-30-49/h10-37H2,1-9H3,(H,44,54)(H,45,53). The monoisotopic (exact) mass is 824 g/mol. The maximum Gasteiger partial charge on any atom is 0.249 e. The van der Waals surface area contributed by atoms with E-state index in [0.717, 1.165) is 111 Å². The van der Waals surface area contributed by atoms with Gasteiger partial charge in [-0.15, -0.1) is 0 Å². The topological polar surface area (TPSA) is 141 Å². The summed E-state index contributed by atoms with van der Waals surface area (Å²) in [5.74, 6) is -1.29. The molecule has 15 heteroatoms. The zero-order valence-corrected chi connectivity index (χ0v) is 38.4. The molecule has 0 unspecified atom stereocenters. The van der Waals surface area contributed by atoms with Crippen molar-refractivity contribution in [2.24, 2.45) is 5.41 Å². The third-order valence-corrected chi connectivity index (χ3v) is 11.4. The van der Waals surface area contributed by atoms with Gasteiger partial charge in [-0.3, -0.25) is 28.9 Å². The van der Waals surface area contributed by atoms with Gasteiger partial charge in [-0.1, -0.05) is 47.5 Å². The highest BCUT2D eigenvalue weighted by atomic mass is 16.5. The van der Waals surface area contributed by atoms with Crippen LogP contribution in [0.3, 0.4) is 0 Å². The number of rotatable bonds is 27. The first kappa shape index (κ1) is 53.2. The van der Waals surface area contributed by atoms with Gasteiger partial charge in [0.2, 0.25) is 29.5 Å². The van der Waals surface area contributed by atoms with Crippen molar-refractivity contribution in [1.29, 1.82) is 0 Å². The predicted molar refractivity (Wildman–Crippen MR) is 234 cm³/mol. The van der Waals surface area contributed by atoms with E-state index in [9.17, 15) is 24.0 Å². The molecule has 0 aliphatic carbocycles. The fourth-order valence-corrected chi connectivity index (χ4v) is 7.83. The van der Waals surface area contributed by atoms with Gasteiger partial charge in [-0.05, 0) is 73.0 Å². The highest BCUT2D eigenvalue weighted by molar-refractivity contribution is 5.89. The Morgan fingerprint density at radius 3 is 1.40 bits per heavy atom. The number of hydrogen-bond donors (Lipinski definition) is 2. The van der Waals surface area contributed by atoms with Crippen molar-refractivity contribution in [2.75, 3.05) is 144 Å². The van der Waals surface area contributed by atoms with E-state index < -0.39 is 11.3 Å². The van der Waals surface area contributed by atoms with E-state index in [1.807, 2.05) is 27.7 Å². The molecule has 1 saturated heterocycles. The number of carbonyl (C=O) groups excluding carboxylic acids is 5. The van der Waals surface area contributed by atoms with Crippen molar-refractivity contribution < 1.29 is 28.7 Å². The zero-order valence-electron chi connectivity index (χ0n) is 38.4. The fraction of sp³-hybridized carbons (Fsp3) is 0.884. The molecular weight excluding hydrogens is 739 g/mol. The Hall–Kier alpha value is -2.85. The summed E-state index contributed by atoms with van der Waals surface area (Å²) in [5, 5.41) is 5.91. The molecule has 1 rings (SSSR count). The minimum absolute atomic E-state index is 0.118. The van der Waals surface area contributed by atoms with E-state index in [-0.39, 0.29) is 63.0 Å². The number of nitrogens with one attached hydrogen (secondary N) is 2. The number of nitrogens with zero attached hydrogens (tertiary/aromatic N) is 7. The van der Waals surface area contributed by atoms with Crippen LogP contribution < -0.4 is 10.6 Å². The lowest BCUT2D eigenvalue weighted by Gasteiger charge is -2.34. The van der Waals surface area contributed by atoms with Crippen molar-refractivity contribution in [2.45, 2.75) is 101 Å². The SMILES string of the molecule is CCCN1CCN(CC)CCN(CC(=O)NCC(=O)NCC(CCC)(CCC)COCC(=O)N(CC(=O)N(CC)CC)CC(=O)N(CC)CC)CCN(CCC)CC1. The van der Waals surface area contributed by atoms with Gasteiger partial charge in [0.25, 0.3) is 0 Å². The summed E-state index contributed by atoms with van der Waals surface area (Å²) in [4.78, 5) is 80.3. The molecule has 0 atom stereocenters. The third-order valence-electron chi connectivity index (χ3n) is 11.4. The van der Waals surface area contributed by atoms with Crippen molar-refractivity contribution in [3.05, 3.63) is 0 Å². The van der Waals surface area contributed by atoms with Crippen LogP contribution in [0.15, 0.2) is 0 Å². The highest BCUT2D eigenvalue weighted by Gasteiger charge is 2.31. The molecule has 0 saturated carbocycles. The second-order valence-corrected chi connectivity index (χ2v) is 15.8. The molecule has 1 heterocycles. The van der Waals surface area contributed by atoms with E-state index in [4.69, 9.17) is 4.74 Å². The largest absolute Gasteiger partial charge is 0.371 e. The molecule has 0 aromatic heterocycles. The average Bonchev–Trinajstić information content (AvgIpc) is 3.20. The molecule has 0 spiro atoms. The summed E-state index contributed by atoms with van der Waals surface area (Å²) in [5.41, 5.74) is -0.426. The Morgan fingerprint density at radius 1 is 0.534 bits per heavy atom. The Labute approximate surface area is 352 Å². The molecule has 5 amide bonds. The first-order valence-electron chi connectivity index (χ1n) is 22.7. The lowest BCUT2D eigenvalue weighted by atomic mass is 9.80. The average molecular weight is 824 g/mol. The van der Waals surface area contributed by atoms with E-state index in [0.29, 0.717) is 32.7 Å². The Bertz CT molecular complexity index is 1140. The number of ether oxygens (including phenoxy) is 1. The first-order chi connectivity index (χ1) is 27.9.